The van der Waals surface area contributed by atoms with Crippen LogP contribution >= 0.6 is 0 Å². The predicted octanol–water partition coefficient (Wildman–Crippen LogP) is 4.40. The number of benzene rings is 3. The first kappa shape index (κ1) is 17.2. The molecule has 1 aromatic heterocycles. The molecule has 0 saturated carbocycles. The Morgan fingerprint density at radius 2 is 1.63 bits per heavy atom. The standard InChI is InChI=1S/C20H17NO5S/c1-24-13-7-9-17(20(11-13)25-2)21-27(22,23)14-8-10-19-16(12-14)15-5-3-4-6-18(15)26-19/h3-12,21H,1-2H3. The van der Waals surface area contributed by atoms with Gasteiger partial charge in [0, 0.05) is 16.8 Å². The Labute approximate surface area is 156 Å². The van der Waals surface area contributed by atoms with Crippen molar-refractivity contribution in [1.82, 2.24) is 0 Å². The van der Waals surface area contributed by atoms with Crippen LogP contribution in [0.3, 0.4) is 0 Å². The summed E-state index contributed by atoms with van der Waals surface area (Å²) in [6.45, 7) is 0. The van der Waals surface area contributed by atoms with E-state index in [-0.39, 0.29) is 4.90 Å². The molecule has 27 heavy (non-hydrogen) atoms. The van der Waals surface area contributed by atoms with Crippen LogP contribution in [-0.2, 0) is 10.0 Å². The fourth-order valence-electron chi connectivity index (χ4n) is 2.96. The molecule has 7 heteroatoms. The van der Waals surface area contributed by atoms with Crippen LogP contribution in [0.4, 0.5) is 5.69 Å². The fraction of sp³-hybridized carbons (Fsp3) is 0.100. The SMILES string of the molecule is COc1ccc(NS(=O)(=O)c2ccc3oc4ccccc4c3c2)c(OC)c1. The molecule has 0 aliphatic rings. The fourth-order valence-corrected chi connectivity index (χ4v) is 4.06. The van der Waals surface area contributed by atoms with E-state index in [2.05, 4.69) is 4.72 Å². The van der Waals surface area contributed by atoms with Crippen molar-refractivity contribution in [2.75, 3.05) is 18.9 Å². The van der Waals surface area contributed by atoms with E-state index in [9.17, 15) is 8.42 Å². The monoisotopic (exact) mass is 383 g/mol. The number of rotatable bonds is 5. The Bertz CT molecular complexity index is 1240. The smallest absolute Gasteiger partial charge is 0.262 e. The molecule has 1 N–H and O–H groups in total. The van der Waals surface area contributed by atoms with Crippen LogP contribution in [0.15, 0.2) is 70.0 Å². The van der Waals surface area contributed by atoms with Crippen LogP contribution in [0.2, 0.25) is 0 Å². The predicted molar refractivity (Wildman–Crippen MR) is 104 cm³/mol. The number of fused-ring (bicyclic) bond motifs is 3. The number of ether oxygens (including phenoxy) is 2. The van der Waals surface area contributed by atoms with Crippen LogP contribution in [0, 0.1) is 0 Å². The number of furan rings is 1. The van der Waals surface area contributed by atoms with Gasteiger partial charge in [0.2, 0.25) is 0 Å². The normalized spacial score (nSPS) is 11.6. The second kappa shape index (κ2) is 6.51. The number of nitrogens with one attached hydrogen (secondary N) is 1. The van der Waals surface area contributed by atoms with Crippen molar-refractivity contribution < 1.29 is 22.3 Å². The molecule has 0 unspecified atom stereocenters. The summed E-state index contributed by atoms with van der Waals surface area (Å²) >= 11 is 0. The molecule has 4 rings (SSSR count). The highest BCUT2D eigenvalue weighted by molar-refractivity contribution is 7.92. The van der Waals surface area contributed by atoms with Crippen molar-refractivity contribution >= 4 is 37.6 Å². The van der Waals surface area contributed by atoms with Gasteiger partial charge in [0.1, 0.15) is 22.7 Å². The Morgan fingerprint density at radius 1 is 0.852 bits per heavy atom. The lowest BCUT2D eigenvalue weighted by Crippen LogP contribution is -2.13. The third kappa shape index (κ3) is 3.06. The van der Waals surface area contributed by atoms with Crippen LogP contribution in [0.1, 0.15) is 0 Å². The maximum atomic E-state index is 12.9. The minimum Gasteiger partial charge on any atom is -0.497 e. The highest BCUT2D eigenvalue weighted by Crippen LogP contribution is 2.33. The molecule has 0 aliphatic carbocycles. The van der Waals surface area contributed by atoms with Crippen molar-refractivity contribution in [2.45, 2.75) is 4.90 Å². The molecule has 0 saturated heterocycles. The summed E-state index contributed by atoms with van der Waals surface area (Å²) in [6.07, 6.45) is 0. The number of para-hydroxylation sites is 1. The first-order valence-electron chi connectivity index (χ1n) is 8.18. The van der Waals surface area contributed by atoms with Crippen LogP contribution in [0.25, 0.3) is 21.9 Å². The lowest BCUT2D eigenvalue weighted by Gasteiger charge is -2.13. The van der Waals surface area contributed by atoms with Crippen molar-refractivity contribution in [3.05, 3.63) is 60.7 Å². The van der Waals surface area contributed by atoms with E-state index in [0.717, 1.165) is 10.8 Å². The average Bonchev–Trinajstić information content (AvgIpc) is 3.06. The zero-order chi connectivity index (χ0) is 19.0. The minimum absolute atomic E-state index is 0.138. The molecule has 0 atom stereocenters. The Morgan fingerprint density at radius 3 is 2.41 bits per heavy atom. The summed E-state index contributed by atoms with van der Waals surface area (Å²) in [6, 6.07) is 17.2. The average molecular weight is 383 g/mol. The third-order valence-electron chi connectivity index (χ3n) is 4.31. The van der Waals surface area contributed by atoms with E-state index in [4.69, 9.17) is 13.9 Å². The van der Waals surface area contributed by atoms with Gasteiger partial charge in [-0.05, 0) is 36.4 Å². The number of hydrogen-bond donors (Lipinski definition) is 1. The maximum Gasteiger partial charge on any atom is 0.262 e. The van der Waals surface area contributed by atoms with Crippen LogP contribution in [-0.4, -0.2) is 22.6 Å². The second-order valence-corrected chi connectivity index (χ2v) is 7.61. The molecule has 0 spiro atoms. The number of sulfonamides is 1. The van der Waals surface area contributed by atoms with E-state index in [0.29, 0.717) is 28.4 Å². The summed E-state index contributed by atoms with van der Waals surface area (Å²) < 4.78 is 44.5. The van der Waals surface area contributed by atoms with E-state index in [1.807, 2.05) is 24.3 Å². The second-order valence-electron chi connectivity index (χ2n) is 5.93. The van der Waals surface area contributed by atoms with Crippen molar-refractivity contribution in [1.29, 1.82) is 0 Å². The summed E-state index contributed by atoms with van der Waals surface area (Å²) in [5.41, 5.74) is 1.68. The van der Waals surface area contributed by atoms with Gasteiger partial charge in [-0.2, -0.15) is 0 Å². The number of methoxy groups -OCH3 is 2. The maximum absolute atomic E-state index is 12.9. The molecule has 4 aromatic rings. The molecular weight excluding hydrogens is 366 g/mol. The number of hydrogen-bond acceptors (Lipinski definition) is 5. The Balaban J connectivity index is 1.77. The molecule has 1 heterocycles. The molecule has 0 amide bonds. The Hall–Kier alpha value is -3.19. The highest BCUT2D eigenvalue weighted by atomic mass is 32.2. The van der Waals surface area contributed by atoms with E-state index in [1.165, 1.54) is 20.3 Å². The van der Waals surface area contributed by atoms with E-state index < -0.39 is 10.0 Å². The summed E-state index contributed by atoms with van der Waals surface area (Å²) in [4.78, 5) is 0.138. The van der Waals surface area contributed by atoms with Gasteiger partial charge in [0.15, 0.2) is 0 Å². The topological polar surface area (TPSA) is 77.8 Å². The van der Waals surface area contributed by atoms with Gasteiger partial charge in [-0.15, -0.1) is 0 Å². The number of anilines is 1. The lowest BCUT2D eigenvalue weighted by molar-refractivity contribution is 0.395. The quantitative estimate of drug-likeness (QED) is 0.552. The van der Waals surface area contributed by atoms with E-state index in [1.54, 1.807) is 30.3 Å². The van der Waals surface area contributed by atoms with Gasteiger partial charge >= 0.3 is 0 Å². The van der Waals surface area contributed by atoms with Crippen molar-refractivity contribution in [3.63, 3.8) is 0 Å². The van der Waals surface area contributed by atoms with Gasteiger partial charge in [-0.3, -0.25) is 4.72 Å². The largest absolute Gasteiger partial charge is 0.497 e. The van der Waals surface area contributed by atoms with Gasteiger partial charge < -0.3 is 13.9 Å². The van der Waals surface area contributed by atoms with Gasteiger partial charge in [0.25, 0.3) is 10.0 Å². The molecule has 6 nitrogen and oxygen atoms in total. The third-order valence-corrected chi connectivity index (χ3v) is 5.67. The molecular formula is C20H17NO5S. The summed E-state index contributed by atoms with van der Waals surface area (Å²) in [7, 11) is -0.817. The zero-order valence-electron chi connectivity index (χ0n) is 14.7. The minimum atomic E-state index is -3.82. The molecule has 0 aliphatic heterocycles. The molecule has 0 fully saturated rings. The van der Waals surface area contributed by atoms with Crippen molar-refractivity contribution in [2.24, 2.45) is 0 Å². The zero-order valence-corrected chi connectivity index (χ0v) is 15.5. The van der Waals surface area contributed by atoms with Gasteiger partial charge in [0.05, 0.1) is 24.8 Å². The molecule has 0 bridgehead atoms. The highest BCUT2D eigenvalue weighted by Gasteiger charge is 2.19. The van der Waals surface area contributed by atoms with Crippen LogP contribution < -0.4 is 14.2 Å². The van der Waals surface area contributed by atoms with Crippen LogP contribution in [0.5, 0.6) is 11.5 Å². The summed E-state index contributed by atoms with van der Waals surface area (Å²) in [5.74, 6) is 0.939. The molecule has 138 valence electrons. The first-order chi connectivity index (χ1) is 13.0. The molecule has 3 aromatic carbocycles. The Kier molecular flexibility index (Phi) is 4.16. The van der Waals surface area contributed by atoms with Crippen molar-refractivity contribution in [3.8, 4) is 11.5 Å². The first-order valence-corrected chi connectivity index (χ1v) is 9.66. The lowest BCUT2D eigenvalue weighted by atomic mass is 10.1. The van der Waals surface area contributed by atoms with Gasteiger partial charge in [-0.1, -0.05) is 18.2 Å². The molecule has 0 radical (unpaired) electrons. The van der Waals surface area contributed by atoms with Gasteiger partial charge in [-0.25, -0.2) is 8.42 Å². The summed E-state index contributed by atoms with van der Waals surface area (Å²) in [5, 5.41) is 1.61. The van der Waals surface area contributed by atoms with E-state index >= 15 is 0 Å².